The number of carboxylic acids is 1. The Hall–Kier alpha value is -2.11. The molecule has 1 aliphatic rings. The van der Waals surface area contributed by atoms with Crippen LogP contribution in [0.25, 0.3) is 0 Å². The number of carbonyl (C=O) groups excluding carboxylic acids is 1. The van der Waals surface area contributed by atoms with Crippen LogP contribution >= 0.6 is 0 Å². The summed E-state index contributed by atoms with van der Waals surface area (Å²) in [5, 5.41) is 8.79. The van der Waals surface area contributed by atoms with E-state index < -0.39 is 12.6 Å². The molecule has 108 valence electrons. The molecule has 1 amide bonds. The van der Waals surface area contributed by atoms with Crippen LogP contribution in [0.5, 0.6) is 0 Å². The van der Waals surface area contributed by atoms with Gasteiger partial charge in [0.1, 0.15) is 13.2 Å². The number of aliphatic carboxylic acids is 1. The van der Waals surface area contributed by atoms with Crippen molar-refractivity contribution in [1.29, 1.82) is 0 Å². The van der Waals surface area contributed by atoms with Crippen molar-refractivity contribution >= 4 is 23.3 Å². The molecule has 1 aliphatic heterocycles. The molecule has 1 aromatic rings. The lowest BCUT2D eigenvalue weighted by atomic mass is 10.00. The van der Waals surface area contributed by atoms with Crippen LogP contribution in [0, 0.1) is 0 Å². The number of rotatable bonds is 5. The van der Waals surface area contributed by atoms with Gasteiger partial charge in [-0.05, 0) is 30.2 Å². The Morgan fingerprint density at radius 3 is 2.85 bits per heavy atom. The quantitative estimate of drug-likeness (QED) is 0.887. The second-order valence-electron chi connectivity index (χ2n) is 4.80. The molecule has 0 radical (unpaired) electrons. The number of halogens is 1. The van der Waals surface area contributed by atoms with E-state index in [-0.39, 0.29) is 19.0 Å². The summed E-state index contributed by atoms with van der Waals surface area (Å²) in [7, 11) is 1.70. The van der Waals surface area contributed by atoms with Crippen molar-refractivity contribution < 1.29 is 19.1 Å². The van der Waals surface area contributed by atoms with Crippen molar-refractivity contribution in [2.75, 3.05) is 36.6 Å². The summed E-state index contributed by atoms with van der Waals surface area (Å²) in [4.78, 5) is 25.6. The first-order valence-electron chi connectivity index (χ1n) is 6.45. The first-order chi connectivity index (χ1) is 9.52. The van der Waals surface area contributed by atoms with E-state index in [0.717, 1.165) is 16.9 Å². The van der Waals surface area contributed by atoms with Crippen molar-refractivity contribution in [2.45, 2.75) is 12.8 Å². The largest absolute Gasteiger partial charge is 0.480 e. The first kappa shape index (κ1) is 14.3. The lowest BCUT2D eigenvalue weighted by Gasteiger charge is -2.30. The maximum atomic E-state index is 12.5. The number of amides is 1. The molecule has 0 unspecified atom stereocenters. The van der Waals surface area contributed by atoms with E-state index in [0.29, 0.717) is 12.8 Å². The summed E-state index contributed by atoms with van der Waals surface area (Å²) >= 11 is 0. The van der Waals surface area contributed by atoms with E-state index in [4.69, 9.17) is 5.11 Å². The molecule has 1 aromatic carbocycles. The summed E-state index contributed by atoms with van der Waals surface area (Å²) in [5.41, 5.74) is 2.46. The molecule has 0 aliphatic carbocycles. The van der Waals surface area contributed by atoms with Gasteiger partial charge in [-0.3, -0.25) is 9.59 Å². The van der Waals surface area contributed by atoms with Crippen LogP contribution in [0.4, 0.5) is 15.8 Å². The summed E-state index contributed by atoms with van der Waals surface area (Å²) in [6, 6.07) is 5.39. The molecule has 0 saturated carbocycles. The first-order valence-corrected chi connectivity index (χ1v) is 6.45. The molecule has 0 spiro atoms. The van der Waals surface area contributed by atoms with Crippen LogP contribution in [0.1, 0.15) is 12.0 Å². The Morgan fingerprint density at radius 2 is 2.20 bits per heavy atom. The van der Waals surface area contributed by atoms with Gasteiger partial charge in [-0.25, -0.2) is 4.39 Å². The summed E-state index contributed by atoms with van der Waals surface area (Å²) in [5.74, 6) is -0.971. The van der Waals surface area contributed by atoms with Crippen LogP contribution in [0.2, 0.25) is 0 Å². The Labute approximate surface area is 116 Å². The highest BCUT2D eigenvalue weighted by atomic mass is 19.1. The minimum absolute atomic E-state index is 0.0656. The predicted octanol–water partition coefficient (Wildman–Crippen LogP) is 1.46. The third-order valence-corrected chi connectivity index (χ3v) is 3.38. The van der Waals surface area contributed by atoms with Crippen molar-refractivity contribution in [3.05, 3.63) is 23.8 Å². The van der Waals surface area contributed by atoms with Crippen LogP contribution in [-0.2, 0) is 16.0 Å². The highest BCUT2D eigenvalue weighted by Gasteiger charge is 2.24. The average Bonchev–Trinajstić information content (AvgIpc) is 2.41. The van der Waals surface area contributed by atoms with Crippen molar-refractivity contribution in [3.63, 3.8) is 0 Å². The van der Waals surface area contributed by atoms with Crippen LogP contribution in [0.3, 0.4) is 0 Å². The monoisotopic (exact) mass is 280 g/mol. The number of carboxylic acid groups (broad SMARTS) is 1. The van der Waals surface area contributed by atoms with Gasteiger partial charge in [-0.2, -0.15) is 0 Å². The zero-order chi connectivity index (χ0) is 14.7. The van der Waals surface area contributed by atoms with E-state index in [2.05, 4.69) is 0 Å². The Balaban J connectivity index is 2.27. The molecule has 20 heavy (non-hydrogen) atoms. The van der Waals surface area contributed by atoms with E-state index in [1.54, 1.807) is 24.1 Å². The number of likely N-dealkylation sites (N-methyl/N-ethyl adjacent to an activating group) is 1. The van der Waals surface area contributed by atoms with Gasteiger partial charge in [0, 0.05) is 24.8 Å². The fourth-order valence-electron chi connectivity index (χ4n) is 2.41. The molecule has 0 atom stereocenters. The van der Waals surface area contributed by atoms with Gasteiger partial charge < -0.3 is 14.9 Å². The number of hydrogen-bond acceptors (Lipinski definition) is 3. The highest BCUT2D eigenvalue weighted by molar-refractivity contribution is 5.96. The van der Waals surface area contributed by atoms with E-state index in [1.165, 1.54) is 4.90 Å². The van der Waals surface area contributed by atoms with Crippen molar-refractivity contribution in [1.82, 2.24) is 0 Å². The number of benzene rings is 1. The van der Waals surface area contributed by atoms with Gasteiger partial charge in [-0.1, -0.05) is 0 Å². The topological polar surface area (TPSA) is 60.9 Å². The molecule has 0 bridgehead atoms. The van der Waals surface area contributed by atoms with E-state index in [1.807, 2.05) is 6.07 Å². The third-order valence-electron chi connectivity index (χ3n) is 3.38. The molecule has 1 heterocycles. The van der Waals surface area contributed by atoms with Crippen molar-refractivity contribution in [2.24, 2.45) is 0 Å². The van der Waals surface area contributed by atoms with Gasteiger partial charge in [0.25, 0.3) is 0 Å². The minimum Gasteiger partial charge on any atom is -0.480 e. The number of hydrogen-bond donors (Lipinski definition) is 1. The molecule has 0 fully saturated rings. The molecule has 0 aromatic heterocycles. The number of anilines is 2. The molecule has 5 nitrogen and oxygen atoms in total. The smallest absolute Gasteiger partial charge is 0.323 e. The van der Waals surface area contributed by atoms with E-state index in [9.17, 15) is 14.0 Å². The fraction of sp³-hybridized carbons (Fsp3) is 0.429. The van der Waals surface area contributed by atoms with Gasteiger partial charge in [0.15, 0.2) is 0 Å². The maximum Gasteiger partial charge on any atom is 0.323 e. The van der Waals surface area contributed by atoms with Crippen molar-refractivity contribution in [3.8, 4) is 0 Å². The molecule has 1 N–H and O–H groups in total. The summed E-state index contributed by atoms with van der Waals surface area (Å²) in [6.45, 7) is -0.603. The SMILES string of the molecule is CN(CC(=O)O)c1ccc2c(c1)CCC(=O)N2CCF. The minimum atomic E-state index is -0.903. The number of alkyl halides is 1. The number of carbonyl (C=O) groups is 2. The standard InChI is InChI=1S/C14H17FN2O3/c1-16(9-14(19)20)11-3-4-12-10(8-11)2-5-13(18)17(12)7-6-15/h3-4,8H,2,5-7,9H2,1H3,(H,19,20). The number of nitrogens with zero attached hydrogens (tertiary/aromatic N) is 2. The zero-order valence-electron chi connectivity index (χ0n) is 11.3. The second-order valence-corrected chi connectivity index (χ2v) is 4.80. The van der Waals surface area contributed by atoms with Crippen LogP contribution in [-0.4, -0.2) is 43.8 Å². The van der Waals surface area contributed by atoms with Crippen LogP contribution in [0.15, 0.2) is 18.2 Å². The normalized spacial score (nSPS) is 14.1. The maximum absolute atomic E-state index is 12.5. The third kappa shape index (κ3) is 2.89. The highest BCUT2D eigenvalue weighted by Crippen LogP contribution is 2.31. The fourth-order valence-corrected chi connectivity index (χ4v) is 2.41. The average molecular weight is 280 g/mol. The van der Waals surface area contributed by atoms with Gasteiger partial charge in [-0.15, -0.1) is 0 Å². The predicted molar refractivity (Wildman–Crippen MR) is 74.0 cm³/mol. The lowest BCUT2D eigenvalue weighted by molar-refractivity contribution is -0.135. The zero-order valence-corrected chi connectivity index (χ0v) is 11.3. The molecule has 2 rings (SSSR count). The molecular formula is C14H17FN2O3. The lowest BCUT2D eigenvalue weighted by Crippen LogP contribution is -2.36. The number of aryl methyl sites for hydroxylation is 1. The van der Waals surface area contributed by atoms with Gasteiger partial charge >= 0.3 is 5.97 Å². The number of fused-ring (bicyclic) bond motifs is 1. The Morgan fingerprint density at radius 1 is 1.45 bits per heavy atom. The summed E-state index contributed by atoms with van der Waals surface area (Å²) < 4.78 is 12.5. The molecule has 6 heteroatoms. The molecule has 0 saturated heterocycles. The second kappa shape index (κ2) is 5.90. The Kier molecular flexibility index (Phi) is 4.22. The van der Waals surface area contributed by atoms with E-state index >= 15 is 0 Å². The molecular weight excluding hydrogens is 263 g/mol. The summed E-state index contributed by atoms with van der Waals surface area (Å²) in [6.07, 6.45) is 0.963. The van der Waals surface area contributed by atoms with Gasteiger partial charge in [0.2, 0.25) is 5.91 Å². The Bertz CT molecular complexity index is 533. The van der Waals surface area contributed by atoms with Gasteiger partial charge in [0.05, 0.1) is 6.54 Å². The van der Waals surface area contributed by atoms with Crippen LogP contribution < -0.4 is 9.80 Å².